The smallest absolute Gasteiger partial charge is 0.287 e. The highest BCUT2D eigenvalue weighted by atomic mass is 79.9. The van der Waals surface area contributed by atoms with Crippen molar-refractivity contribution in [3.05, 3.63) is 58.8 Å². The third-order valence-corrected chi connectivity index (χ3v) is 3.75. The van der Waals surface area contributed by atoms with Crippen LogP contribution in [0.5, 0.6) is 0 Å². The first kappa shape index (κ1) is 16.3. The number of hydrogen-bond acceptors (Lipinski definition) is 4. The third-order valence-electron chi connectivity index (χ3n) is 3.32. The molecule has 0 saturated carbocycles. The summed E-state index contributed by atoms with van der Waals surface area (Å²) >= 11 is 3.12. The van der Waals surface area contributed by atoms with Crippen molar-refractivity contribution in [3.8, 4) is 0 Å². The fraction of sp³-hybridized carbons (Fsp3) is 0.188. The number of hydrogen-bond donors (Lipinski definition) is 2. The molecule has 2 N–H and O–H groups in total. The fourth-order valence-electron chi connectivity index (χ4n) is 2.18. The predicted molar refractivity (Wildman–Crippen MR) is 90.6 cm³/mol. The Morgan fingerprint density at radius 3 is 2.83 bits per heavy atom. The van der Waals surface area contributed by atoms with Gasteiger partial charge in [-0.2, -0.15) is 0 Å². The number of rotatable bonds is 6. The van der Waals surface area contributed by atoms with E-state index in [0.29, 0.717) is 17.6 Å². The average Bonchev–Trinajstić information content (AvgIpc) is 3.18. The van der Waals surface area contributed by atoms with Crippen LogP contribution in [0.3, 0.4) is 0 Å². The van der Waals surface area contributed by atoms with Gasteiger partial charge in [0.25, 0.3) is 5.91 Å². The first-order chi connectivity index (χ1) is 11.6. The molecule has 2 amide bonds. The molecule has 124 valence electrons. The minimum Gasteiger partial charge on any atom is -0.444 e. The molecule has 0 radical (unpaired) electrons. The van der Waals surface area contributed by atoms with Gasteiger partial charge in [0.15, 0.2) is 10.4 Å². The Morgan fingerprint density at radius 2 is 2.08 bits per heavy atom. The standard InChI is InChI=1S/C16H15BrN4O3/c17-13-5-4-12(24-13)16(23)19-9-15(22)18-7-6-11-10-21-8-2-1-3-14(21)20-11/h1-5,8,10H,6-7,9H2,(H,18,22)(H,19,23). The Kier molecular flexibility index (Phi) is 4.95. The van der Waals surface area contributed by atoms with E-state index >= 15 is 0 Å². The molecule has 0 aromatic carbocycles. The number of nitrogens with one attached hydrogen (secondary N) is 2. The molecule has 0 fully saturated rings. The summed E-state index contributed by atoms with van der Waals surface area (Å²) < 4.78 is 7.50. The van der Waals surface area contributed by atoms with Crippen LogP contribution in [0.4, 0.5) is 0 Å². The van der Waals surface area contributed by atoms with Gasteiger partial charge in [0, 0.05) is 25.4 Å². The lowest BCUT2D eigenvalue weighted by atomic mass is 10.3. The number of halogens is 1. The number of pyridine rings is 1. The molecule has 0 saturated heterocycles. The van der Waals surface area contributed by atoms with Gasteiger partial charge < -0.3 is 19.5 Å². The number of furan rings is 1. The zero-order chi connectivity index (χ0) is 16.9. The third kappa shape index (κ3) is 4.02. The monoisotopic (exact) mass is 390 g/mol. The van der Waals surface area contributed by atoms with Gasteiger partial charge in [-0.3, -0.25) is 9.59 Å². The lowest BCUT2D eigenvalue weighted by molar-refractivity contribution is -0.120. The summed E-state index contributed by atoms with van der Waals surface area (Å²) in [6, 6.07) is 8.92. The van der Waals surface area contributed by atoms with Gasteiger partial charge in [-0.15, -0.1) is 0 Å². The molecule has 3 aromatic heterocycles. The molecular weight excluding hydrogens is 376 g/mol. The number of imidazole rings is 1. The maximum atomic E-state index is 11.8. The van der Waals surface area contributed by atoms with Crippen LogP contribution >= 0.6 is 15.9 Å². The van der Waals surface area contributed by atoms with Crippen molar-refractivity contribution in [1.82, 2.24) is 20.0 Å². The minimum absolute atomic E-state index is 0.109. The van der Waals surface area contributed by atoms with Crippen molar-refractivity contribution in [1.29, 1.82) is 0 Å². The molecule has 0 bridgehead atoms. The van der Waals surface area contributed by atoms with Crippen LogP contribution in [-0.2, 0) is 11.2 Å². The number of nitrogens with zero attached hydrogens (tertiary/aromatic N) is 2. The van der Waals surface area contributed by atoms with Crippen molar-refractivity contribution in [3.63, 3.8) is 0 Å². The van der Waals surface area contributed by atoms with E-state index < -0.39 is 5.91 Å². The topological polar surface area (TPSA) is 88.6 Å². The van der Waals surface area contributed by atoms with Crippen LogP contribution in [0, 0.1) is 0 Å². The van der Waals surface area contributed by atoms with Crippen molar-refractivity contribution >= 4 is 33.4 Å². The second-order valence-electron chi connectivity index (χ2n) is 5.08. The van der Waals surface area contributed by atoms with Crippen molar-refractivity contribution in [2.45, 2.75) is 6.42 Å². The molecule has 0 aliphatic carbocycles. The second kappa shape index (κ2) is 7.31. The Labute approximate surface area is 146 Å². The number of amides is 2. The molecule has 3 heterocycles. The fourth-order valence-corrected chi connectivity index (χ4v) is 2.49. The Bertz CT molecular complexity index is 838. The predicted octanol–water partition coefficient (Wildman–Crippen LogP) is 1.78. The highest BCUT2D eigenvalue weighted by Crippen LogP contribution is 2.13. The van der Waals surface area contributed by atoms with E-state index in [-0.39, 0.29) is 18.2 Å². The quantitative estimate of drug-likeness (QED) is 0.671. The second-order valence-corrected chi connectivity index (χ2v) is 5.87. The average molecular weight is 391 g/mol. The van der Waals surface area contributed by atoms with E-state index in [9.17, 15) is 9.59 Å². The van der Waals surface area contributed by atoms with Crippen LogP contribution in [0.25, 0.3) is 5.65 Å². The Balaban J connectivity index is 1.41. The number of fused-ring (bicyclic) bond motifs is 1. The molecule has 3 aromatic rings. The molecule has 8 heteroatoms. The van der Waals surface area contributed by atoms with Gasteiger partial charge in [0.05, 0.1) is 12.2 Å². The molecule has 3 rings (SSSR count). The van der Waals surface area contributed by atoms with Gasteiger partial charge in [-0.25, -0.2) is 4.98 Å². The van der Waals surface area contributed by atoms with Gasteiger partial charge in [-0.1, -0.05) is 6.07 Å². The summed E-state index contributed by atoms with van der Waals surface area (Å²) in [6.45, 7) is 0.340. The number of carbonyl (C=O) groups excluding carboxylic acids is 2. The Hall–Kier alpha value is -2.61. The normalized spacial score (nSPS) is 10.7. The summed E-state index contributed by atoms with van der Waals surface area (Å²) in [5.41, 5.74) is 1.77. The minimum atomic E-state index is -0.434. The van der Waals surface area contributed by atoms with Crippen molar-refractivity contribution in [2.75, 3.05) is 13.1 Å². The van der Waals surface area contributed by atoms with Crippen molar-refractivity contribution < 1.29 is 14.0 Å². The molecule has 0 aliphatic heterocycles. The van der Waals surface area contributed by atoms with Crippen LogP contribution in [0.15, 0.2) is 51.8 Å². The van der Waals surface area contributed by atoms with E-state index in [1.54, 1.807) is 6.07 Å². The van der Waals surface area contributed by atoms with E-state index in [1.165, 1.54) is 6.07 Å². The molecule has 0 aliphatic rings. The highest BCUT2D eigenvalue weighted by molar-refractivity contribution is 9.10. The highest BCUT2D eigenvalue weighted by Gasteiger charge is 2.11. The van der Waals surface area contributed by atoms with Crippen molar-refractivity contribution in [2.24, 2.45) is 0 Å². The molecule has 7 nitrogen and oxygen atoms in total. The zero-order valence-electron chi connectivity index (χ0n) is 12.7. The van der Waals surface area contributed by atoms with Crippen LogP contribution in [0.1, 0.15) is 16.2 Å². The molecule has 24 heavy (non-hydrogen) atoms. The summed E-state index contributed by atoms with van der Waals surface area (Å²) in [5.74, 6) is -0.548. The maximum Gasteiger partial charge on any atom is 0.287 e. The molecular formula is C16H15BrN4O3. The van der Waals surface area contributed by atoms with E-state index in [1.807, 2.05) is 35.0 Å². The van der Waals surface area contributed by atoms with Gasteiger partial charge in [0.1, 0.15) is 5.65 Å². The molecule has 0 spiro atoms. The summed E-state index contributed by atoms with van der Waals surface area (Å²) in [6.07, 6.45) is 4.47. The zero-order valence-corrected chi connectivity index (χ0v) is 14.2. The summed E-state index contributed by atoms with van der Waals surface area (Å²) in [5, 5.41) is 5.24. The van der Waals surface area contributed by atoms with Gasteiger partial charge in [-0.05, 0) is 40.2 Å². The van der Waals surface area contributed by atoms with Crippen LogP contribution in [-0.4, -0.2) is 34.3 Å². The lowest BCUT2D eigenvalue weighted by Gasteiger charge is -2.05. The maximum absolute atomic E-state index is 11.8. The van der Waals surface area contributed by atoms with E-state index in [0.717, 1.165) is 11.3 Å². The molecule has 0 atom stereocenters. The molecule has 0 unspecified atom stereocenters. The van der Waals surface area contributed by atoms with Gasteiger partial charge >= 0.3 is 0 Å². The number of aromatic nitrogens is 2. The SMILES string of the molecule is O=C(CNC(=O)c1ccc(Br)o1)NCCc1cn2ccccc2n1. The number of carbonyl (C=O) groups is 2. The first-order valence-corrected chi connectivity index (χ1v) is 8.14. The largest absolute Gasteiger partial charge is 0.444 e. The van der Waals surface area contributed by atoms with Gasteiger partial charge in [0.2, 0.25) is 5.91 Å². The summed E-state index contributed by atoms with van der Waals surface area (Å²) in [4.78, 5) is 27.9. The van der Waals surface area contributed by atoms with Crippen LogP contribution < -0.4 is 10.6 Å². The van der Waals surface area contributed by atoms with E-state index in [2.05, 4.69) is 31.5 Å². The summed E-state index contributed by atoms with van der Waals surface area (Å²) in [7, 11) is 0. The van der Waals surface area contributed by atoms with E-state index in [4.69, 9.17) is 4.42 Å². The Morgan fingerprint density at radius 1 is 1.21 bits per heavy atom. The first-order valence-electron chi connectivity index (χ1n) is 7.34. The van der Waals surface area contributed by atoms with Crippen LogP contribution in [0.2, 0.25) is 0 Å². The lowest BCUT2D eigenvalue weighted by Crippen LogP contribution is -2.37.